The molecule has 106 valence electrons. The summed E-state index contributed by atoms with van der Waals surface area (Å²) in [6, 6.07) is -1.80. The van der Waals surface area contributed by atoms with E-state index in [9.17, 15) is 14.4 Å². The molecule has 9 heteroatoms. The van der Waals surface area contributed by atoms with Crippen LogP contribution in [0.3, 0.4) is 0 Å². The molecule has 2 unspecified atom stereocenters. The predicted molar refractivity (Wildman–Crippen MR) is 66.6 cm³/mol. The fraction of sp³-hybridized carbons (Fsp3) is 0.667. The molecule has 0 bridgehead atoms. The Morgan fingerprint density at radius 1 is 0.944 bits per heavy atom. The third-order valence-electron chi connectivity index (χ3n) is 1.74. The van der Waals surface area contributed by atoms with Crippen LogP contribution in [0.1, 0.15) is 19.3 Å². The minimum atomic E-state index is -1.17. The van der Waals surface area contributed by atoms with E-state index in [1.165, 1.54) is 0 Å². The standard InChI is InChI=1S/C5H9NO4.C4H9NO2S/c6-3(5(9)10)1-2-4(7)8;5-3(1-2-8)4(6)7/h3H,1-2,6H2,(H,7,8)(H,9,10);3,8H,1-2,5H2,(H,6,7). The van der Waals surface area contributed by atoms with Crippen LogP contribution in [0.2, 0.25) is 0 Å². The van der Waals surface area contributed by atoms with Crippen molar-refractivity contribution in [3.8, 4) is 0 Å². The lowest BCUT2D eigenvalue weighted by molar-refractivity contribution is -0.140. The highest BCUT2D eigenvalue weighted by atomic mass is 32.1. The molecule has 18 heavy (non-hydrogen) atoms. The van der Waals surface area contributed by atoms with Crippen molar-refractivity contribution in [2.75, 3.05) is 5.75 Å². The summed E-state index contributed by atoms with van der Waals surface area (Å²) in [5.41, 5.74) is 10.1. The van der Waals surface area contributed by atoms with Crippen molar-refractivity contribution in [3.05, 3.63) is 0 Å². The van der Waals surface area contributed by atoms with E-state index in [-0.39, 0.29) is 12.8 Å². The van der Waals surface area contributed by atoms with Crippen molar-refractivity contribution < 1.29 is 29.7 Å². The van der Waals surface area contributed by atoms with Gasteiger partial charge in [0.1, 0.15) is 12.1 Å². The number of hydrogen-bond donors (Lipinski definition) is 6. The third-order valence-corrected chi connectivity index (χ3v) is 2.00. The van der Waals surface area contributed by atoms with Crippen molar-refractivity contribution in [1.82, 2.24) is 0 Å². The first kappa shape index (κ1) is 19.0. The molecule has 2 atom stereocenters. The Morgan fingerprint density at radius 2 is 1.33 bits per heavy atom. The molecule has 0 aliphatic carbocycles. The lowest BCUT2D eigenvalue weighted by Gasteiger charge is -2.01. The van der Waals surface area contributed by atoms with Crippen LogP contribution in [0, 0.1) is 0 Å². The molecule has 0 rings (SSSR count). The Kier molecular flexibility index (Phi) is 11.4. The normalized spacial score (nSPS) is 12.8. The van der Waals surface area contributed by atoms with Crippen LogP contribution >= 0.6 is 12.6 Å². The zero-order valence-electron chi connectivity index (χ0n) is 9.65. The van der Waals surface area contributed by atoms with E-state index in [1.807, 2.05) is 0 Å². The molecule has 0 aromatic heterocycles. The molecule has 0 radical (unpaired) electrons. The van der Waals surface area contributed by atoms with E-state index in [0.717, 1.165) is 0 Å². The van der Waals surface area contributed by atoms with Crippen molar-refractivity contribution in [1.29, 1.82) is 0 Å². The Hall–Kier alpha value is -1.32. The summed E-state index contributed by atoms with van der Waals surface area (Å²) < 4.78 is 0. The average Bonchev–Trinajstić information content (AvgIpc) is 2.26. The first-order valence-electron chi connectivity index (χ1n) is 5.01. The van der Waals surface area contributed by atoms with Crippen molar-refractivity contribution in [3.63, 3.8) is 0 Å². The Labute approximate surface area is 109 Å². The maximum absolute atomic E-state index is 9.99. The number of rotatable bonds is 7. The number of carboxylic acid groups (broad SMARTS) is 3. The highest BCUT2D eigenvalue weighted by Gasteiger charge is 2.12. The van der Waals surface area contributed by atoms with Crippen LogP contribution < -0.4 is 11.5 Å². The van der Waals surface area contributed by atoms with E-state index in [0.29, 0.717) is 12.2 Å². The largest absolute Gasteiger partial charge is 0.481 e. The second kappa shape index (κ2) is 10.8. The number of hydrogen-bond acceptors (Lipinski definition) is 6. The van der Waals surface area contributed by atoms with Gasteiger partial charge >= 0.3 is 17.9 Å². The summed E-state index contributed by atoms with van der Waals surface area (Å²) in [5, 5.41) is 24.4. The third kappa shape index (κ3) is 12.7. The van der Waals surface area contributed by atoms with Gasteiger partial charge in [-0.05, 0) is 18.6 Å². The molecule has 0 aliphatic rings. The van der Waals surface area contributed by atoms with Crippen LogP contribution in [0.5, 0.6) is 0 Å². The van der Waals surface area contributed by atoms with Crippen LogP contribution in [0.15, 0.2) is 0 Å². The molecule has 0 saturated carbocycles. The van der Waals surface area contributed by atoms with Gasteiger partial charge in [0.15, 0.2) is 0 Å². The van der Waals surface area contributed by atoms with Gasteiger partial charge in [0, 0.05) is 6.42 Å². The molecule has 0 spiro atoms. The highest BCUT2D eigenvalue weighted by molar-refractivity contribution is 7.80. The summed E-state index contributed by atoms with van der Waals surface area (Å²) in [6.07, 6.45) is 0.205. The predicted octanol–water partition coefficient (Wildman–Crippen LogP) is -1.02. The summed E-state index contributed by atoms with van der Waals surface area (Å²) in [5.74, 6) is -2.63. The minimum Gasteiger partial charge on any atom is -0.481 e. The summed E-state index contributed by atoms with van der Waals surface area (Å²) in [7, 11) is 0. The fourth-order valence-electron chi connectivity index (χ4n) is 0.665. The Bertz CT molecular complexity index is 286. The highest BCUT2D eigenvalue weighted by Crippen LogP contribution is 1.93. The molecule has 0 aliphatic heterocycles. The van der Waals surface area contributed by atoms with E-state index in [2.05, 4.69) is 12.6 Å². The first-order valence-corrected chi connectivity index (χ1v) is 5.65. The zero-order chi connectivity index (χ0) is 14.7. The summed E-state index contributed by atoms with van der Waals surface area (Å²) >= 11 is 3.81. The molecule has 0 heterocycles. The SMILES string of the molecule is NC(CCC(=O)O)C(=O)O.NC(CCS)C(=O)O. The van der Waals surface area contributed by atoms with Crippen LogP contribution in [0.4, 0.5) is 0 Å². The van der Waals surface area contributed by atoms with Gasteiger partial charge in [0.05, 0.1) is 0 Å². The van der Waals surface area contributed by atoms with Gasteiger partial charge in [-0.15, -0.1) is 0 Å². The van der Waals surface area contributed by atoms with Gasteiger partial charge < -0.3 is 26.8 Å². The summed E-state index contributed by atoms with van der Waals surface area (Å²) in [4.78, 5) is 29.8. The van der Waals surface area contributed by atoms with Gasteiger partial charge in [0.2, 0.25) is 0 Å². The monoisotopic (exact) mass is 282 g/mol. The quantitative estimate of drug-likeness (QED) is 0.323. The molecule has 8 nitrogen and oxygen atoms in total. The molecule has 7 N–H and O–H groups in total. The van der Waals surface area contributed by atoms with Crippen LogP contribution in [0.25, 0.3) is 0 Å². The van der Waals surface area contributed by atoms with Gasteiger partial charge in [-0.3, -0.25) is 14.4 Å². The second-order valence-electron chi connectivity index (χ2n) is 3.33. The number of carbonyl (C=O) groups is 3. The number of thiol groups is 1. The van der Waals surface area contributed by atoms with Crippen molar-refractivity contribution >= 4 is 30.5 Å². The molecule has 0 aromatic rings. The van der Waals surface area contributed by atoms with Gasteiger partial charge in [-0.2, -0.15) is 12.6 Å². The van der Waals surface area contributed by atoms with E-state index >= 15 is 0 Å². The molecular formula is C9H18N2O6S. The lowest BCUT2D eigenvalue weighted by atomic mass is 10.2. The van der Waals surface area contributed by atoms with Crippen molar-refractivity contribution in [2.45, 2.75) is 31.3 Å². The average molecular weight is 282 g/mol. The molecule has 0 fully saturated rings. The van der Waals surface area contributed by atoms with Crippen LogP contribution in [-0.4, -0.2) is 51.1 Å². The maximum Gasteiger partial charge on any atom is 0.320 e. The van der Waals surface area contributed by atoms with E-state index in [1.54, 1.807) is 0 Å². The Morgan fingerprint density at radius 3 is 1.56 bits per heavy atom. The smallest absolute Gasteiger partial charge is 0.320 e. The maximum atomic E-state index is 9.99. The molecule has 0 aromatic carbocycles. The second-order valence-corrected chi connectivity index (χ2v) is 3.78. The van der Waals surface area contributed by atoms with E-state index in [4.69, 9.17) is 26.8 Å². The molecular weight excluding hydrogens is 264 g/mol. The Balaban J connectivity index is 0. The number of carboxylic acids is 3. The van der Waals surface area contributed by atoms with Crippen LogP contribution in [-0.2, 0) is 14.4 Å². The summed E-state index contributed by atoms with van der Waals surface area (Å²) in [6.45, 7) is 0. The lowest BCUT2D eigenvalue weighted by Crippen LogP contribution is -2.30. The molecule has 0 amide bonds. The fourth-order valence-corrected chi connectivity index (χ4v) is 0.943. The number of aliphatic carboxylic acids is 3. The first-order chi connectivity index (χ1) is 8.22. The van der Waals surface area contributed by atoms with Crippen molar-refractivity contribution in [2.24, 2.45) is 11.5 Å². The van der Waals surface area contributed by atoms with Gasteiger partial charge in [-0.1, -0.05) is 0 Å². The topological polar surface area (TPSA) is 164 Å². The van der Waals surface area contributed by atoms with Gasteiger partial charge in [0.25, 0.3) is 0 Å². The van der Waals surface area contributed by atoms with Gasteiger partial charge in [-0.25, -0.2) is 0 Å². The molecule has 0 saturated heterocycles. The minimum absolute atomic E-state index is 0.0231. The zero-order valence-corrected chi connectivity index (χ0v) is 10.5. The number of nitrogens with two attached hydrogens (primary N) is 2. The van der Waals surface area contributed by atoms with E-state index < -0.39 is 30.0 Å².